The lowest BCUT2D eigenvalue weighted by atomic mass is 10.1. The molecule has 1 aliphatic heterocycles. The van der Waals surface area contributed by atoms with E-state index >= 15 is 0 Å². The predicted octanol–water partition coefficient (Wildman–Crippen LogP) is 6.92. The number of benzene rings is 3. The topological polar surface area (TPSA) is 53.3 Å². The number of anilines is 2. The summed E-state index contributed by atoms with van der Waals surface area (Å²) < 4.78 is 2.16. The van der Waals surface area contributed by atoms with Gasteiger partial charge in [-0.3, -0.25) is 9.47 Å². The summed E-state index contributed by atoms with van der Waals surface area (Å²) in [6.45, 7) is 15.3. The van der Waals surface area contributed by atoms with E-state index in [1.807, 2.05) is 12.1 Å². The van der Waals surface area contributed by atoms with Crippen molar-refractivity contribution in [2.24, 2.45) is 0 Å². The number of nitrogens with zero attached hydrogens (tertiary/aromatic N) is 7. The number of piperazine rings is 1. The minimum atomic E-state index is 0.538. The van der Waals surface area contributed by atoms with Gasteiger partial charge in [0.25, 0.3) is 0 Å². The first-order chi connectivity index (χ1) is 21.0. The van der Waals surface area contributed by atoms with Crippen LogP contribution in [0.3, 0.4) is 0 Å². The van der Waals surface area contributed by atoms with Crippen molar-refractivity contribution in [1.82, 2.24) is 24.4 Å². The molecule has 0 saturated carbocycles. The van der Waals surface area contributed by atoms with E-state index in [0.717, 1.165) is 86.2 Å². The first kappa shape index (κ1) is 28.9. The molecule has 0 radical (unpaired) electrons. The monoisotopic (exact) mass is 573 g/mol. The largest absolute Gasteiger partial charge is 0.368 e. The zero-order valence-corrected chi connectivity index (χ0v) is 25.9. The van der Waals surface area contributed by atoms with Crippen LogP contribution in [0.25, 0.3) is 28.2 Å². The molecule has 222 valence electrons. The molecule has 1 atom stereocenters. The maximum absolute atomic E-state index is 5.17. The predicted molar refractivity (Wildman–Crippen MR) is 178 cm³/mol. The molecule has 0 N–H and O–H groups in total. The Morgan fingerprint density at radius 2 is 1.63 bits per heavy atom. The summed E-state index contributed by atoms with van der Waals surface area (Å²) in [6.07, 6.45) is 3.95. The van der Waals surface area contributed by atoms with Gasteiger partial charge in [-0.2, -0.15) is 0 Å². The zero-order valence-electron chi connectivity index (χ0n) is 25.9. The third-order valence-electron chi connectivity index (χ3n) is 8.96. The summed E-state index contributed by atoms with van der Waals surface area (Å²) in [5.74, 6) is 1.79. The molecule has 3 heterocycles. The van der Waals surface area contributed by atoms with Crippen molar-refractivity contribution in [2.75, 3.05) is 49.1 Å². The van der Waals surface area contributed by atoms with Gasteiger partial charge in [0.05, 0.1) is 0 Å². The third kappa shape index (κ3) is 6.00. The fourth-order valence-corrected chi connectivity index (χ4v) is 6.37. The lowest BCUT2D eigenvalue weighted by Gasteiger charge is -2.41. The molecule has 1 fully saturated rings. The number of fused-ring (bicyclic) bond motifs is 1. The van der Waals surface area contributed by atoms with Gasteiger partial charge in [-0.05, 0) is 76.4 Å². The Balaban J connectivity index is 1.15. The molecule has 7 heteroatoms. The molecule has 6 rings (SSSR count). The lowest BCUT2D eigenvalue weighted by Crippen LogP contribution is -2.52. The molecule has 7 nitrogen and oxygen atoms in total. The van der Waals surface area contributed by atoms with Crippen molar-refractivity contribution < 1.29 is 0 Å². The summed E-state index contributed by atoms with van der Waals surface area (Å²) >= 11 is 0. The number of hydrogen-bond acceptors (Lipinski definition) is 6. The average Bonchev–Trinajstić information content (AvgIpc) is 3.44. The smallest absolute Gasteiger partial charge is 0.170 e. The van der Waals surface area contributed by atoms with Crippen molar-refractivity contribution in [1.29, 1.82) is 0 Å². The SMILES string of the molecule is CCN(CCCCN1CCN(c2cccc(C)c2C)CC1C)c1ncnc2c1nc(-c1ccccc1)n2-c1ccccc1. The van der Waals surface area contributed by atoms with Crippen LogP contribution in [0.1, 0.15) is 37.8 Å². The van der Waals surface area contributed by atoms with Crippen LogP contribution in [0.5, 0.6) is 0 Å². The second kappa shape index (κ2) is 13.0. The number of hydrogen-bond donors (Lipinski definition) is 0. The second-order valence-corrected chi connectivity index (χ2v) is 11.7. The number of para-hydroxylation sites is 1. The summed E-state index contributed by atoms with van der Waals surface area (Å²) in [5, 5.41) is 0. The molecule has 0 bridgehead atoms. The van der Waals surface area contributed by atoms with Gasteiger partial charge >= 0.3 is 0 Å². The van der Waals surface area contributed by atoms with Crippen LogP contribution in [0.2, 0.25) is 0 Å². The Bertz CT molecular complexity index is 1650. The summed E-state index contributed by atoms with van der Waals surface area (Å²) in [7, 11) is 0. The molecule has 0 amide bonds. The van der Waals surface area contributed by atoms with Gasteiger partial charge in [0.2, 0.25) is 0 Å². The molecule has 1 aliphatic rings. The zero-order chi connectivity index (χ0) is 29.8. The maximum atomic E-state index is 5.17. The highest BCUT2D eigenvalue weighted by Gasteiger charge is 2.25. The second-order valence-electron chi connectivity index (χ2n) is 11.7. The van der Waals surface area contributed by atoms with E-state index in [1.165, 1.54) is 16.8 Å². The van der Waals surface area contributed by atoms with E-state index in [1.54, 1.807) is 6.33 Å². The maximum Gasteiger partial charge on any atom is 0.170 e. The van der Waals surface area contributed by atoms with Crippen molar-refractivity contribution in [2.45, 2.75) is 46.6 Å². The minimum Gasteiger partial charge on any atom is -0.368 e. The van der Waals surface area contributed by atoms with Gasteiger partial charge in [0.15, 0.2) is 17.0 Å². The van der Waals surface area contributed by atoms with Crippen LogP contribution >= 0.6 is 0 Å². The third-order valence-corrected chi connectivity index (χ3v) is 8.96. The number of unbranched alkanes of at least 4 members (excludes halogenated alkanes) is 1. The van der Waals surface area contributed by atoms with E-state index < -0.39 is 0 Å². The standard InChI is InChI=1S/C36H43N7/c1-5-40(21-12-13-22-41-23-24-42(25-28(41)3)32-20-14-15-27(2)29(32)4)35-33-36(38-26-37-35)43(31-18-10-7-11-19-31)34(39-33)30-16-8-6-9-17-30/h6-11,14-20,26,28H,5,12-13,21-25H2,1-4H3. The van der Waals surface area contributed by atoms with Gasteiger partial charge in [0.1, 0.15) is 12.2 Å². The summed E-state index contributed by atoms with van der Waals surface area (Å²) in [6, 6.07) is 27.9. The van der Waals surface area contributed by atoms with Crippen LogP contribution < -0.4 is 9.80 Å². The van der Waals surface area contributed by atoms with Gasteiger partial charge in [-0.1, -0.05) is 60.7 Å². The van der Waals surface area contributed by atoms with Crippen molar-refractivity contribution in [3.05, 3.63) is 96.3 Å². The van der Waals surface area contributed by atoms with Gasteiger partial charge in [-0.25, -0.2) is 15.0 Å². The molecule has 0 spiro atoms. The molecule has 3 aromatic carbocycles. The van der Waals surface area contributed by atoms with Crippen LogP contribution in [0, 0.1) is 13.8 Å². The van der Waals surface area contributed by atoms with Gasteiger partial charge in [-0.15, -0.1) is 0 Å². The van der Waals surface area contributed by atoms with Crippen molar-refractivity contribution in [3.8, 4) is 17.1 Å². The molecule has 43 heavy (non-hydrogen) atoms. The Hall–Kier alpha value is -4.23. The Morgan fingerprint density at radius 1 is 0.860 bits per heavy atom. The highest BCUT2D eigenvalue weighted by molar-refractivity contribution is 5.88. The number of aromatic nitrogens is 4. The average molecular weight is 574 g/mol. The van der Waals surface area contributed by atoms with Crippen LogP contribution in [0.15, 0.2) is 85.2 Å². The van der Waals surface area contributed by atoms with E-state index in [-0.39, 0.29) is 0 Å². The molecule has 0 aliphatic carbocycles. The molecule has 5 aromatic rings. The molecule has 1 unspecified atom stereocenters. The molecule has 1 saturated heterocycles. The van der Waals surface area contributed by atoms with E-state index in [4.69, 9.17) is 15.0 Å². The highest BCUT2D eigenvalue weighted by Crippen LogP contribution is 2.31. The Labute approximate surface area is 255 Å². The van der Waals surface area contributed by atoms with Crippen LogP contribution in [0.4, 0.5) is 11.5 Å². The quantitative estimate of drug-likeness (QED) is 0.169. The molecule has 2 aromatic heterocycles. The molecular formula is C36H43N7. The van der Waals surface area contributed by atoms with E-state index in [2.05, 4.69) is 114 Å². The van der Waals surface area contributed by atoms with Crippen LogP contribution in [-0.4, -0.2) is 69.7 Å². The first-order valence-electron chi connectivity index (χ1n) is 15.7. The number of imidazole rings is 1. The minimum absolute atomic E-state index is 0.538. The lowest BCUT2D eigenvalue weighted by molar-refractivity contribution is 0.186. The number of aryl methyl sites for hydroxylation is 1. The summed E-state index contributed by atoms with van der Waals surface area (Å²) in [5.41, 5.74) is 7.97. The highest BCUT2D eigenvalue weighted by atomic mass is 15.3. The van der Waals surface area contributed by atoms with E-state index in [9.17, 15) is 0 Å². The van der Waals surface area contributed by atoms with Crippen molar-refractivity contribution >= 4 is 22.7 Å². The fraction of sp³-hybridized carbons (Fsp3) is 0.361. The normalized spacial score (nSPS) is 15.7. The Morgan fingerprint density at radius 3 is 2.37 bits per heavy atom. The van der Waals surface area contributed by atoms with Crippen LogP contribution in [-0.2, 0) is 0 Å². The molecular weight excluding hydrogens is 530 g/mol. The van der Waals surface area contributed by atoms with Gasteiger partial charge in [0, 0.05) is 55.7 Å². The first-order valence-corrected chi connectivity index (χ1v) is 15.7. The Kier molecular flexibility index (Phi) is 8.70. The van der Waals surface area contributed by atoms with E-state index in [0.29, 0.717) is 6.04 Å². The summed E-state index contributed by atoms with van der Waals surface area (Å²) in [4.78, 5) is 22.3. The van der Waals surface area contributed by atoms with Crippen molar-refractivity contribution in [3.63, 3.8) is 0 Å². The van der Waals surface area contributed by atoms with Gasteiger partial charge < -0.3 is 9.80 Å². The fourth-order valence-electron chi connectivity index (χ4n) is 6.37. The number of rotatable bonds is 10.